The number of amides is 1. The molecule has 0 aromatic rings. The first-order valence-corrected chi connectivity index (χ1v) is 4.07. The number of rotatable bonds is 6. The highest BCUT2D eigenvalue weighted by molar-refractivity contribution is 5.75. The molecule has 0 atom stereocenters. The summed E-state index contributed by atoms with van der Waals surface area (Å²) < 4.78 is 0. The number of carbonyl (C=O) groups excluding carboxylic acids is 1. The molecule has 0 aromatic carbocycles. The third kappa shape index (κ3) is 7.33. The number of hydrogen-bond donors (Lipinski definition) is 2. The molecule has 3 nitrogen and oxygen atoms in total. The lowest BCUT2D eigenvalue weighted by atomic mass is 10.2. The molecule has 0 aliphatic carbocycles. The van der Waals surface area contributed by atoms with E-state index in [0.717, 1.165) is 19.3 Å². The molecule has 0 unspecified atom stereocenters. The van der Waals surface area contributed by atoms with Crippen LogP contribution in [-0.4, -0.2) is 19.0 Å². The Labute approximate surface area is 68.3 Å². The van der Waals surface area contributed by atoms with Crippen LogP contribution in [0.25, 0.3) is 0 Å². The summed E-state index contributed by atoms with van der Waals surface area (Å²) in [4.78, 5) is 10.9. The zero-order valence-electron chi connectivity index (χ0n) is 6.94. The van der Waals surface area contributed by atoms with Crippen molar-refractivity contribution in [1.29, 1.82) is 0 Å². The molecule has 11 heavy (non-hydrogen) atoms. The molecule has 0 heterocycles. The monoisotopic (exact) mass is 157 g/mol. The molecule has 0 saturated carbocycles. The van der Waals surface area contributed by atoms with E-state index in [1.54, 1.807) is 0 Å². The molecule has 1 amide bonds. The Kier molecular flexibility index (Phi) is 7.15. The number of hydrogen-bond acceptors (Lipinski definition) is 2. The van der Waals surface area contributed by atoms with Crippen molar-refractivity contribution in [2.24, 2.45) is 5.73 Å². The average Bonchev–Trinajstić information content (AvgIpc) is 2.01. The van der Waals surface area contributed by atoms with Gasteiger partial charge in [-0.15, -0.1) is 0 Å². The van der Waals surface area contributed by atoms with Crippen LogP contribution in [0.3, 0.4) is 0 Å². The molecular formula is C8H17N2O. The quantitative estimate of drug-likeness (QED) is 0.550. The topological polar surface area (TPSA) is 55.1 Å². The standard InChI is InChI=1S/C8H17N2O/c1-2-3-4-5-8(11)10-7-6-9/h1-7,9H2,(H,10,11). The molecule has 0 saturated heterocycles. The number of carbonyl (C=O) groups is 1. The normalized spacial score (nSPS) is 9.64. The second-order valence-corrected chi connectivity index (χ2v) is 2.45. The molecule has 0 bridgehead atoms. The number of unbranched alkanes of at least 4 members (excludes halogenated alkanes) is 2. The summed E-state index contributed by atoms with van der Waals surface area (Å²) in [6.07, 6.45) is 3.47. The van der Waals surface area contributed by atoms with Crippen LogP contribution in [0.5, 0.6) is 0 Å². The molecule has 0 rings (SSSR count). The molecule has 65 valence electrons. The van der Waals surface area contributed by atoms with Crippen LogP contribution in [-0.2, 0) is 4.79 Å². The number of nitrogens with two attached hydrogens (primary N) is 1. The van der Waals surface area contributed by atoms with Gasteiger partial charge in [-0.2, -0.15) is 0 Å². The van der Waals surface area contributed by atoms with Crippen LogP contribution >= 0.6 is 0 Å². The van der Waals surface area contributed by atoms with E-state index in [0.29, 0.717) is 19.5 Å². The first-order valence-electron chi connectivity index (χ1n) is 4.07. The minimum absolute atomic E-state index is 0.101. The lowest BCUT2D eigenvalue weighted by molar-refractivity contribution is -0.121. The Morgan fingerprint density at radius 1 is 1.45 bits per heavy atom. The third-order valence-electron chi connectivity index (χ3n) is 1.37. The summed E-state index contributed by atoms with van der Waals surface area (Å²) in [5.41, 5.74) is 5.21. The van der Waals surface area contributed by atoms with Crippen LogP contribution in [0.1, 0.15) is 25.7 Å². The van der Waals surface area contributed by atoms with Crippen molar-refractivity contribution in [3.63, 3.8) is 0 Å². The van der Waals surface area contributed by atoms with Crippen LogP contribution in [0, 0.1) is 6.92 Å². The molecule has 0 fully saturated rings. The second kappa shape index (κ2) is 7.54. The Balaban J connectivity index is 3.09. The van der Waals surface area contributed by atoms with Crippen molar-refractivity contribution in [2.75, 3.05) is 13.1 Å². The molecule has 3 N–H and O–H groups in total. The van der Waals surface area contributed by atoms with Crippen molar-refractivity contribution in [1.82, 2.24) is 5.32 Å². The first-order chi connectivity index (χ1) is 5.31. The molecule has 0 aliphatic heterocycles. The van der Waals surface area contributed by atoms with E-state index in [2.05, 4.69) is 12.2 Å². The summed E-state index contributed by atoms with van der Waals surface area (Å²) in [5.74, 6) is 0.101. The van der Waals surface area contributed by atoms with E-state index >= 15 is 0 Å². The molecule has 0 aliphatic rings. The van der Waals surface area contributed by atoms with Gasteiger partial charge in [-0.05, 0) is 6.42 Å². The summed E-state index contributed by atoms with van der Waals surface area (Å²) in [7, 11) is 0. The van der Waals surface area contributed by atoms with Gasteiger partial charge in [0.2, 0.25) is 5.91 Å². The van der Waals surface area contributed by atoms with Crippen LogP contribution in [0.2, 0.25) is 0 Å². The summed E-state index contributed by atoms with van der Waals surface area (Å²) in [6.45, 7) is 4.79. The maximum Gasteiger partial charge on any atom is 0.220 e. The molecular weight excluding hydrogens is 140 g/mol. The zero-order valence-corrected chi connectivity index (χ0v) is 6.94. The Hall–Kier alpha value is -0.570. The lowest BCUT2D eigenvalue weighted by Crippen LogP contribution is -2.28. The molecule has 1 radical (unpaired) electrons. The van der Waals surface area contributed by atoms with Crippen LogP contribution in [0.15, 0.2) is 0 Å². The van der Waals surface area contributed by atoms with Crippen molar-refractivity contribution >= 4 is 5.91 Å². The Bertz CT molecular complexity index is 104. The molecule has 0 aromatic heterocycles. The minimum atomic E-state index is 0.101. The van der Waals surface area contributed by atoms with Gasteiger partial charge in [-0.25, -0.2) is 0 Å². The van der Waals surface area contributed by atoms with Crippen molar-refractivity contribution in [3.8, 4) is 0 Å². The van der Waals surface area contributed by atoms with Crippen molar-refractivity contribution in [3.05, 3.63) is 6.92 Å². The van der Waals surface area contributed by atoms with Gasteiger partial charge < -0.3 is 11.1 Å². The van der Waals surface area contributed by atoms with Crippen molar-refractivity contribution in [2.45, 2.75) is 25.7 Å². The van der Waals surface area contributed by atoms with E-state index in [1.807, 2.05) is 0 Å². The van der Waals surface area contributed by atoms with Gasteiger partial charge in [0.1, 0.15) is 0 Å². The predicted octanol–water partition coefficient (Wildman–Crippen LogP) is 0.456. The van der Waals surface area contributed by atoms with E-state index in [1.165, 1.54) is 0 Å². The smallest absolute Gasteiger partial charge is 0.220 e. The van der Waals surface area contributed by atoms with Gasteiger partial charge >= 0.3 is 0 Å². The van der Waals surface area contributed by atoms with E-state index in [-0.39, 0.29) is 5.91 Å². The van der Waals surface area contributed by atoms with E-state index in [4.69, 9.17) is 5.73 Å². The fourth-order valence-electron chi connectivity index (χ4n) is 0.762. The highest BCUT2D eigenvalue weighted by Gasteiger charge is 1.97. The second-order valence-electron chi connectivity index (χ2n) is 2.45. The number of nitrogens with one attached hydrogen (secondary N) is 1. The predicted molar refractivity (Wildman–Crippen MR) is 45.9 cm³/mol. The lowest BCUT2D eigenvalue weighted by Gasteiger charge is -2.01. The highest BCUT2D eigenvalue weighted by Crippen LogP contribution is 1.97. The fraction of sp³-hybridized carbons (Fsp3) is 0.750. The third-order valence-corrected chi connectivity index (χ3v) is 1.37. The average molecular weight is 157 g/mol. The van der Waals surface area contributed by atoms with Gasteiger partial charge in [0.25, 0.3) is 0 Å². The minimum Gasteiger partial charge on any atom is -0.355 e. The van der Waals surface area contributed by atoms with Crippen LogP contribution < -0.4 is 11.1 Å². The maximum atomic E-state index is 10.9. The fourth-order valence-corrected chi connectivity index (χ4v) is 0.762. The highest BCUT2D eigenvalue weighted by atomic mass is 16.1. The van der Waals surface area contributed by atoms with Gasteiger partial charge in [0.05, 0.1) is 0 Å². The van der Waals surface area contributed by atoms with E-state index in [9.17, 15) is 4.79 Å². The van der Waals surface area contributed by atoms with Gasteiger partial charge in [-0.3, -0.25) is 4.79 Å². The van der Waals surface area contributed by atoms with Gasteiger partial charge in [0.15, 0.2) is 0 Å². The summed E-state index contributed by atoms with van der Waals surface area (Å²) in [5, 5.41) is 2.71. The largest absolute Gasteiger partial charge is 0.355 e. The Morgan fingerprint density at radius 2 is 2.18 bits per heavy atom. The zero-order chi connectivity index (χ0) is 8.53. The SMILES string of the molecule is [CH2]CCCCC(=O)NCCN. The summed E-state index contributed by atoms with van der Waals surface area (Å²) in [6, 6.07) is 0. The van der Waals surface area contributed by atoms with Crippen LogP contribution in [0.4, 0.5) is 0 Å². The summed E-state index contributed by atoms with van der Waals surface area (Å²) >= 11 is 0. The maximum absolute atomic E-state index is 10.9. The van der Waals surface area contributed by atoms with Gasteiger partial charge in [0, 0.05) is 19.5 Å². The van der Waals surface area contributed by atoms with E-state index < -0.39 is 0 Å². The molecule has 0 spiro atoms. The van der Waals surface area contributed by atoms with Crippen molar-refractivity contribution < 1.29 is 4.79 Å². The van der Waals surface area contributed by atoms with Gasteiger partial charge in [-0.1, -0.05) is 19.8 Å². The first kappa shape index (κ1) is 10.4. The Morgan fingerprint density at radius 3 is 2.73 bits per heavy atom. The molecule has 3 heteroatoms.